The molecular formula is C17H21F3N2O. The van der Waals surface area contributed by atoms with Gasteiger partial charge in [-0.25, -0.2) is 0 Å². The van der Waals surface area contributed by atoms with E-state index in [4.69, 9.17) is 0 Å². The van der Waals surface area contributed by atoms with E-state index in [9.17, 15) is 18.0 Å². The summed E-state index contributed by atoms with van der Waals surface area (Å²) in [6.07, 6.45) is -1.50. The third kappa shape index (κ3) is 3.52. The molecule has 6 heteroatoms. The quantitative estimate of drug-likeness (QED) is 0.926. The van der Waals surface area contributed by atoms with E-state index in [-0.39, 0.29) is 17.7 Å². The number of hydrogen-bond acceptors (Lipinski definition) is 2. The summed E-state index contributed by atoms with van der Waals surface area (Å²) < 4.78 is 37.8. The highest BCUT2D eigenvalue weighted by Crippen LogP contribution is 2.49. The lowest BCUT2D eigenvalue weighted by Crippen LogP contribution is -2.47. The number of nitrogens with one attached hydrogen (secondary N) is 1. The van der Waals surface area contributed by atoms with Crippen LogP contribution in [-0.4, -0.2) is 37.0 Å². The first kappa shape index (κ1) is 16.3. The first-order chi connectivity index (χ1) is 10.9. The van der Waals surface area contributed by atoms with E-state index < -0.39 is 11.7 Å². The second kappa shape index (κ2) is 6.15. The topological polar surface area (TPSA) is 32.3 Å². The Balaban J connectivity index is 1.61. The van der Waals surface area contributed by atoms with Gasteiger partial charge in [0.25, 0.3) is 0 Å². The summed E-state index contributed by atoms with van der Waals surface area (Å²) in [7, 11) is 1.90. The molecule has 0 spiro atoms. The molecule has 1 amide bonds. The molecule has 3 nitrogen and oxygen atoms in total. The monoisotopic (exact) mass is 326 g/mol. The molecule has 2 fully saturated rings. The minimum atomic E-state index is -4.31. The molecule has 23 heavy (non-hydrogen) atoms. The molecule has 1 aromatic carbocycles. The third-order valence-electron chi connectivity index (χ3n) is 4.92. The molecule has 1 aliphatic heterocycles. The number of benzene rings is 1. The highest BCUT2D eigenvalue weighted by molar-refractivity contribution is 5.83. The van der Waals surface area contributed by atoms with Crippen molar-refractivity contribution < 1.29 is 18.0 Å². The zero-order valence-electron chi connectivity index (χ0n) is 13.1. The molecule has 1 saturated carbocycles. The number of hydrogen-bond donors (Lipinski definition) is 1. The zero-order chi connectivity index (χ0) is 16.6. The molecular weight excluding hydrogens is 305 g/mol. The fraction of sp³-hybridized carbons (Fsp3) is 0.588. The predicted molar refractivity (Wildman–Crippen MR) is 81.0 cm³/mol. The summed E-state index contributed by atoms with van der Waals surface area (Å²) in [4.78, 5) is 14.5. The van der Waals surface area contributed by atoms with Gasteiger partial charge in [0.05, 0.1) is 5.56 Å². The van der Waals surface area contributed by atoms with Gasteiger partial charge in [-0.1, -0.05) is 12.1 Å². The first-order valence-electron chi connectivity index (χ1n) is 8.03. The number of amides is 1. The van der Waals surface area contributed by atoms with Crippen LogP contribution < -0.4 is 5.32 Å². The molecule has 126 valence electrons. The van der Waals surface area contributed by atoms with E-state index in [1.807, 2.05) is 11.9 Å². The lowest BCUT2D eigenvalue weighted by Gasteiger charge is -2.32. The van der Waals surface area contributed by atoms with E-state index in [0.29, 0.717) is 6.04 Å². The van der Waals surface area contributed by atoms with Crippen molar-refractivity contribution in [3.8, 4) is 0 Å². The number of nitrogens with zero attached hydrogens (tertiary/aromatic N) is 1. The molecule has 3 rings (SSSR count). The van der Waals surface area contributed by atoms with Crippen LogP contribution in [-0.2, 0) is 11.0 Å². The van der Waals surface area contributed by atoms with Crippen LogP contribution in [0.4, 0.5) is 13.2 Å². The van der Waals surface area contributed by atoms with Gasteiger partial charge in [0.15, 0.2) is 0 Å². The molecule has 1 aromatic rings. The van der Waals surface area contributed by atoms with E-state index in [2.05, 4.69) is 5.32 Å². The van der Waals surface area contributed by atoms with Gasteiger partial charge in [-0.05, 0) is 49.9 Å². The second-order valence-electron chi connectivity index (χ2n) is 6.48. The fourth-order valence-corrected chi connectivity index (χ4v) is 3.40. The van der Waals surface area contributed by atoms with E-state index >= 15 is 0 Å². The largest absolute Gasteiger partial charge is 0.416 e. The summed E-state index contributed by atoms with van der Waals surface area (Å²) in [5.74, 6) is 0.150. The van der Waals surface area contributed by atoms with Crippen LogP contribution in [0.2, 0.25) is 0 Å². The molecule has 1 heterocycles. The Morgan fingerprint density at radius 3 is 2.57 bits per heavy atom. The highest BCUT2D eigenvalue weighted by Gasteiger charge is 2.46. The van der Waals surface area contributed by atoms with Gasteiger partial charge in [-0.3, -0.25) is 4.79 Å². The van der Waals surface area contributed by atoms with Gasteiger partial charge >= 0.3 is 6.18 Å². The molecule has 1 N–H and O–H groups in total. The number of carbonyl (C=O) groups excluding carboxylic acids is 1. The van der Waals surface area contributed by atoms with Crippen molar-refractivity contribution in [3.05, 3.63) is 35.4 Å². The third-order valence-corrected chi connectivity index (χ3v) is 4.92. The Morgan fingerprint density at radius 1 is 1.26 bits per heavy atom. The molecule has 0 radical (unpaired) electrons. The van der Waals surface area contributed by atoms with Crippen molar-refractivity contribution >= 4 is 5.91 Å². The Hall–Kier alpha value is -1.56. The van der Waals surface area contributed by atoms with Crippen molar-refractivity contribution in [3.63, 3.8) is 0 Å². The SMILES string of the molecule is CNC1CCCN(C(=O)C2CC2c2ccc(C(F)(F)F)cc2)C1. The number of likely N-dealkylation sites (tertiary alicyclic amines) is 1. The number of likely N-dealkylation sites (N-methyl/N-ethyl adjacent to an activating group) is 1. The lowest BCUT2D eigenvalue weighted by atomic mass is 10.0. The van der Waals surface area contributed by atoms with Gasteiger partial charge in [0.1, 0.15) is 0 Å². The Morgan fingerprint density at radius 2 is 1.96 bits per heavy atom. The van der Waals surface area contributed by atoms with Crippen LogP contribution >= 0.6 is 0 Å². The summed E-state index contributed by atoms with van der Waals surface area (Å²) in [6.45, 7) is 1.51. The van der Waals surface area contributed by atoms with E-state index in [1.54, 1.807) is 0 Å². The van der Waals surface area contributed by atoms with Gasteiger partial charge in [-0.2, -0.15) is 13.2 Å². The van der Waals surface area contributed by atoms with Crippen LogP contribution in [0.25, 0.3) is 0 Å². The fourth-order valence-electron chi connectivity index (χ4n) is 3.40. The normalized spacial score (nSPS) is 27.8. The van der Waals surface area contributed by atoms with Crippen molar-refractivity contribution in [2.24, 2.45) is 5.92 Å². The van der Waals surface area contributed by atoms with Crippen molar-refractivity contribution in [2.45, 2.75) is 37.4 Å². The molecule has 1 aliphatic carbocycles. The number of rotatable bonds is 3. The average Bonchev–Trinajstić information content (AvgIpc) is 3.34. The van der Waals surface area contributed by atoms with Crippen LogP contribution in [0.5, 0.6) is 0 Å². The highest BCUT2D eigenvalue weighted by atomic mass is 19.4. The predicted octanol–water partition coefficient (Wildman–Crippen LogP) is 3.02. The standard InChI is InChI=1S/C17H21F3N2O/c1-21-13-3-2-8-22(10-13)16(23)15-9-14(15)11-4-6-12(7-5-11)17(18,19)20/h4-7,13-15,21H,2-3,8-10H2,1H3. The number of carbonyl (C=O) groups is 1. The number of alkyl halides is 3. The first-order valence-corrected chi connectivity index (χ1v) is 8.03. The maximum Gasteiger partial charge on any atom is 0.416 e. The Bertz CT molecular complexity index is 570. The number of piperidine rings is 1. The molecule has 2 aliphatic rings. The van der Waals surface area contributed by atoms with Gasteiger partial charge in [0.2, 0.25) is 5.91 Å². The van der Waals surface area contributed by atoms with Gasteiger partial charge in [0, 0.05) is 25.0 Å². The summed E-state index contributed by atoms with van der Waals surface area (Å²) in [5, 5.41) is 3.21. The lowest BCUT2D eigenvalue weighted by molar-refractivity contribution is -0.137. The Labute approximate surface area is 133 Å². The summed E-state index contributed by atoms with van der Waals surface area (Å²) in [5.41, 5.74) is 0.191. The van der Waals surface area contributed by atoms with E-state index in [0.717, 1.165) is 50.0 Å². The van der Waals surface area contributed by atoms with Gasteiger partial charge in [-0.15, -0.1) is 0 Å². The molecule has 1 saturated heterocycles. The Kier molecular flexibility index (Phi) is 4.36. The maximum absolute atomic E-state index is 12.6. The average molecular weight is 326 g/mol. The summed E-state index contributed by atoms with van der Waals surface area (Å²) in [6, 6.07) is 5.57. The summed E-state index contributed by atoms with van der Waals surface area (Å²) >= 11 is 0. The molecule has 0 bridgehead atoms. The van der Waals surface area contributed by atoms with Crippen molar-refractivity contribution in [2.75, 3.05) is 20.1 Å². The van der Waals surface area contributed by atoms with Crippen LogP contribution in [0.1, 0.15) is 36.3 Å². The minimum Gasteiger partial charge on any atom is -0.341 e. The zero-order valence-corrected chi connectivity index (χ0v) is 13.1. The minimum absolute atomic E-state index is 0.0673. The van der Waals surface area contributed by atoms with Crippen molar-refractivity contribution in [1.82, 2.24) is 10.2 Å². The maximum atomic E-state index is 12.6. The number of halogens is 3. The van der Waals surface area contributed by atoms with Crippen LogP contribution in [0.3, 0.4) is 0 Å². The van der Waals surface area contributed by atoms with Crippen LogP contribution in [0.15, 0.2) is 24.3 Å². The molecule has 0 aromatic heterocycles. The van der Waals surface area contributed by atoms with Crippen molar-refractivity contribution in [1.29, 1.82) is 0 Å². The van der Waals surface area contributed by atoms with E-state index in [1.165, 1.54) is 12.1 Å². The molecule has 3 unspecified atom stereocenters. The molecule has 3 atom stereocenters. The van der Waals surface area contributed by atoms with Gasteiger partial charge < -0.3 is 10.2 Å². The second-order valence-corrected chi connectivity index (χ2v) is 6.48. The smallest absolute Gasteiger partial charge is 0.341 e. The van der Waals surface area contributed by atoms with Crippen LogP contribution in [0, 0.1) is 5.92 Å².